The Balaban J connectivity index is 1.86. The van der Waals surface area contributed by atoms with Crippen LogP contribution >= 0.6 is 11.3 Å². The number of imide groups is 1. The van der Waals surface area contributed by atoms with E-state index in [0.717, 1.165) is 31.2 Å². The second-order valence-corrected chi connectivity index (χ2v) is 5.71. The monoisotopic (exact) mass is 310 g/mol. The highest BCUT2D eigenvalue weighted by Gasteiger charge is 2.21. The first-order valence-electron chi connectivity index (χ1n) is 6.95. The molecule has 0 unspecified atom stereocenters. The van der Waals surface area contributed by atoms with Gasteiger partial charge in [0.2, 0.25) is 0 Å². The summed E-state index contributed by atoms with van der Waals surface area (Å²) in [5.74, 6) is -1.14. The number of thiophene rings is 1. The SMILES string of the molecule is CCNC(=O)NC(=O)COC(=O)c1csc2c1CCCC2. The van der Waals surface area contributed by atoms with Gasteiger partial charge in [0.25, 0.3) is 5.91 Å². The first-order chi connectivity index (χ1) is 10.1. The van der Waals surface area contributed by atoms with Crippen LogP contribution in [-0.2, 0) is 22.4 Å². The van der Waals surface area contributed by atoms with Crippen LogP contribution in [0.2, 0.25) is 0 Å². The number of fused-ring (bicyclic) bond motifs is 1. The van der Waals surface area contributed by atoms with E-state index >= 15 is 0 Å². The molecule has 0 spiro atoms. The Bertz CT molecular complexity index is 553. The van der Waals surface area contributed by atoms with Crippen LogP contribution < -0.4 is 10.6 Å². The lowest BCUT2D eigenvalue weighted by molar-refractivity contribution is -0.123. The lowest BCUT2D eigenvalue weighted by atomic mass is 9.96. The average Bonchev–Trinajstić information content (AvgIpc) is 2.89. The van der Waals surface area contributed by atoms with Crippen molar-refractivity contribution in [3.8, 4) is 0 Å². The quantitative estimate of drug-likeness (QED) is 0.828. The van der Waals surface area contributed by atoms with Crippen LogP contribution in [0, 0.1) is 0 Å². The fourth-order valence-corrected chi connectivity index (χ4v) is 3.36. The summed E-state index contributed by atoms with van der Waals surface area (Å²) >= 11 is 1.57. The molecule has 21 heavy (non-hydrogen) atoms. The van der Waals surface area contributed by atoms with E-state index in [2.05, 4.69) is 10.6 Å². The molecule has 0 radical (unpaired) electrons. The van der Waals surface area contributed by atoms with Gasteiger partial charge in [0.1, 0.15) is 0 Å². The van der Waals surface area contributed by atoms with Crippen LogP contribution in [0.3, 0.4) is 0 Å². The van der Waals surface area contributed by atoms with Gasteiger partial charge in [-0.1, -0.05) is 0 Å². The molecule has 7 heteroatoms. The summed E-state index contributed by atoms with van der Waals surface area (Å²) in [7, 11) is 0. The first kappa shape index (κ1) is 15.5. The third-order valence-electron chi connectivity index (χ3n) is 3.21. The molecule has 3 amide bonds. The van der Waals surface area contributed by atoms with Gasteiger partial charge in [-0.15, -0.1) is 11.3 Å². The lowest BCUT2D eigenvalue weighted by Crippen LogP contribution is -2.41. The summed E-state index contributed by atoms with van der Waals surface area (Å²) in [5.41, 5.74) is 1.61. The lowest BCUT2D eigenvalue weighted by Gasteiger charge is -2.12. The van der Waals surface area contributed by atoms with Crippen LogP contribution in [0.1, 0.15) is 40.6 Å². The summed E-state index contributed by atoms with van der Waals surface area (Å²) in [4.78, 5) is 35.8. The van der Waals surface area contributed by atoms with Crippen LogP contribution in [0.5, 0.6) is 0 Å². The molecule has 2 N–H and O–H groups in total. The number of urea groups is 1. The molecule has 0 saturated carbocycles. The van der Waals surface area contributed by atoms with Crippen molar-refractivity contribution in [3.05, 3.63) is 21.4 Å². The number of ether oxygens (including phenoxy) is 1. The van der Waals surface area contributed by atoms with Crippen molar-refractivity contribution < 1.29 is 19.1 Å². The Morgan fingerprint density at radius 3 is 2.81 bits per heavy atom. The van der Waals surface area contributed by atoms with Crippen molar-refractivity contribution in [2.24, 2.45) is 0 Å². The third-order valence-corrected chi connectivity index (χ3v) is 4.29. The summed E-state index contributed by atoms with van der Waals surface area (Å²) in [6, 6.07) is -0.591. The van der Waals surface area contributed by atoms with Crippen LogP contribution in [-0.4, -0.2) is 31.1 Å². The van der Waals surface area contributed by atoms with Crippen molar-refractivity contribution in [1.82, 2.24) is 10.6 Å². The summed E-state index contributed by atoms with van der Waals surface area (Å²) in [6.07, 6.45) is 4.11. The zero-order chi connectivity index (χ0) is 15.2. The van der Waals surface area contributed by atoms with Crippen molar-refractivity contribution in [2.45, 2.75) is 32.6 Å². The second kappa shape index (κ2) is 7.21. The Morgan fingerprint density at radius 1 is 1.29 bits per heavy atom. The molecule has 0 saturated heterocycles. The largest absolute Gasteiger partial charge is 0.452 e. The van der Waals surface area contributed by atoms with E-state index in [1.165, 1.54) is 4.88 Å². The molecule has 2 rings (SSSR count). The van der Waals surface area contributed by atoms with Gasteiger partial charge in [0, 0.05) is 16.8 Å². The van der Waals surface area contributed by atoms with E-state index in [0.29, 0.717) is 12.1 Å². The number of amides is 3. The van der Waals surface area contributed by atoms with E-state index in [4.69, 9.17) is 4.74 Å². The minimum Gasteiger partial charge on any atom is -0.452 e. The van der Waals surface area contributed by atoms with Gasteiger partial charge in [-0.2, -0.15) is 0 Å². The van der Waals surface area contributed by atoms with Gasteiger partial charge in [0.15, 0.2) is 6.61 Å². The third kappa shape index (κ3) is 4.04. The molecule has 0 fully saturated rings. The van der Waals surface area contributed by atoms with Crippen LogP contribution in [0.15, 0.2) is 5.38 Å². The van der Waals surface area contributed by atoms with Gasteiger partial charge in [0.05, 0.1) is 5.56 Å². The Hall–Kier alpha value is -1.89. The van der Waals surface area contributed by atoms with Crippen molar-refractivity contribution >= 4 is 29.2 Å². The van der Waals surface area contributed by atoms with Crippen LogP contribution in [0.4, 0.5) is 4.79 Å². The number of hydrogen-bond acceptors (Lipinski definition) is 5. The Morgan fingerprint density at radius 2 is 2.05 bits per heavy atom. The second-order valence-electron chi connectivity index (χ2n) is 4.74. The Labute approximate surface area is 126 Å². The minimum atomic E-state index is -0.640. The zero-order valence-electron chi connectivity index (χ0n) is 11.9. The molecular formula is C14H18N2O4S. The molecule has 1 aromatic heterocycles. The number of nitrogens with one attached hydrogen (secondary N) is 2. The molecule has 0 atom stereocenters. The fourth-order valence-electron chi connectivity index (χ4n) is 2.24. The average molecular weight is 310 g/mol. The molecule has 0 aromatic carbocycles. The predicted octanol–water partition coefficient (Wildman–Crippen LogP) is 1.63. The normalized spacial score (nSPS) is 13.2. The highest BCUT2D eigenvalue weighted by molar-refractivity contribution is 7.10. The van der Waals surface area contributed by atoms with Crippen molar-refractivity contribution in [1.29, 1.82) is 0 Å². The summed E-state index contributed by atoms with van der Waals surface area (Å²) < 4.78 is 4.97. The molecular weight excluding hydrogens is 292 g/mol. The van der Waals surface area contributed by atoms with E-state index in [-0.39, 0.29) is 0 Å². The smallest absolute Gasteiger partial charge is 0.339 e. The van der Waals surface area contributed by atoms with E-state index < -0.39 is 24.5 Å². The highest BCUT2D eigenvalue weighted by atomic mass is 32.1. The number of carbonyl (C=O) groups excluding carboxylic acids is 3. The van der Waals surface area contributed by atoms with Gasteiger partial charge >= 0.3 is 12.0 Å². The molecule has 1 aromatic rings. The van der Waals surface area contributed by atoms with Crippen LogP contribution in [0.25, 0.3) is 0 Å². The van der Waals surface area contributed by atoms with Crippen molar-refractivity contribution in [2.75, 3.05) is 13.2 Å². The molecule has 1 heterocycles. The van der Waals surface area contributed by atoms with Gasteiger partial charge < -0.3 is 10.1 Å². The van der Waals surface area contributed by atoms with E-state index in [1.54, 1.807) is 23.6 Å². The van der Waals surface area contributed by atoms with E-state index in [9.17, 15) is 14.4 Å². The van der Waals surface area contributed by atoms with Gasteiger partial charge in [-0.25, -0.2) is 9.59 Å². The first-order valence-corrected chi connectivity index (χ1v) is 7.83. The maximum atomic E-state index is 12.0. The number of carbonyl (C=O) groups is 3. The molecule has 0 bridgehead atoms. The predicted molar refractivity (Wildman–Crippen MR) is 78.5 cm³/mol. The number of esters is 1. The summed E-state index contributed by atoms with van der Waals surface area (Å²) in [6.45, 7) is 1.70. The maximum Gasteiger partial charge on any atom is 0.339 e. The molecule has 1 aliphatic carbocycles. The number of aryl methyl sites for hydroxylation is 1. The molecule has 1 aliphatic rings. The standard InChI is InChI=1S/C14H18N2O4S/c1-2-15-14(19)16-12(17)7-20-13(18)10-8-21-11-6-4-3-5-9(10)11/h8H,2-7H2,1H3,(H2,15,16,17,19). The number of rotatable bonds is 4. The number of hydrogen-bond donors (Lipinski definition) is 2. The molecule has 6 nitrogen and oxygen atoms in total. The minimum absolute atomic E-state index is 0.417. The summed E-state index contributed by atoms with van der Waals surface area (Å²) in [5, 5.41) is 6.29. The van der Waals surface area contributed by atoms with E-state index in [1.807, 2.05) is 0 Å². The molecule has 0 aliphatic heterocycles. The molecule has 114 valence electrons. The van der Waals surface area contributed by atoms with Gasteiger partial charge in [-0.05, 0) is 38.2 Å². The maximum absolute atomic E-state index is 12.0. The van der Waals surface area contributed by atoms with Gasteiger partial charge in [-0.3, -0.25) is 10.1 Å². The fraction of sp³-hybridized carbons (Fsp3) is 0.500. The van der Waals surface area contributed by atoms with Crippen molar-refractivity contribution in [3.63, 3.8) is 0 Å². The zero-order valence-corrected chi connectivity index (χ0v) is 12.7. The highest BCUT2D eigenvalue weighted by Crippen LogP contribution is 2.30. The topological polar surface area (TPSA) is 84.5 Å². The Kier molecular flexibility index (Phi) is 5.32.